The van der Waals surface area contributed by atoms with Gasteiger partial charge in [0.2, 0.25) is 0 Å². The zero-order valence-corrected chi connectivity index (χ0v) is 28.2. The summed E-state index contributed by atoms with van der Waals surface area (Å²) in [5.74, 6) is 0. The van der Waals surface area contributed by atoms with Gasteiger partial charge in [0.25, 0.3) is 0 Å². The van der Waals surface area contributed by atoms with Crippen LogP contribution in [0.15, 0.2) is 108 Å². The molecule has 6 rings (SSSR count). The molecule has 228 valence electrons. The third-order valence-corrected chi connectivity index (χ3v) is 12.7. The van der Waals surface area contributed by atoms with E-state index in [4.69, 9.17) is 16.6 Å². The molecule has 4 aromatic carbocycles. The quantitative estimate of drug-likeness (QED) is 0.168. The molecule has 6 nitrogen and oxygen atoms in total. The summed E-state index contributed by atoms with van der Waals surface area (Å²) in [6.45, 7) is 3.43. The average Bonchev–Trinajstić information content (AvgIpc) is 3.45. The van der Waals surface area contributed by atoms with Crippen LogP contribution >= 0.6 is 22.9 Å². The fraction of sp³-hybridized carbons (Fsp3) is 0.143. The van der Waals surface area contributed by atoms with E-state index in [1.807, 2.05) is 66.7 Å². The standard InChI is InChI=1S/C35H29ClN2O4S3/c1-35(2,45(4,41)42)26-20-24-11-8-18-37-31(24)29(21-26)23-9-7-10-25(19-23)33-32(22-14-16-27(17-15-22)44(3,39)40)38-34(43-33)28-12-5-6-13-30(28)36/h5-21H,1-4H3. The smallest absolute Gasteiger partial charge is 0.175 e. The Hall–Kier alpha value is -3.89. The van der Waals surface area contributed by atoms with E-state index in [2.05, 4.69) is 11.1 Å². The van der Waals surface area contributed by atoms with Gasteiger partial charge in [-0.2, -0.15) is 0 Å². The molecule has 0 radical (unpaired) electrons. The van der Waals surface area contributed by atoms with Crippen LogP contribution in [-0.2, 0) is 24.4 Å². The number of thiazole rings is 1. The minimum atomic E-state index is -3.43. The van der Waals surface area contributed by atoms with Crippen molar-refractivity contribution in [2.24, 2.45) is 0 Å². The highest BCUT2D eigenvalue weighted by molar-refractivity contribution is 7.91. The summed E-state index contributed by atoms with van der Waals surface area (Å²) in [5, 5.41) is 2.15. The van der Waals surface area contributed by atoms with E-state index in [-0.39, 0.29) is 4.90 Å². The summed E-state index contributed by atoms with van der Waals surface area (Å²) in [4.78, 5) is 10.8. The van der Waals surface area contributed by atoms with Crippen molar-refractivity contribution in [2.75, 3.05) is 12.5 Å². The molecule has 6 aromatic rings. The number of pyridine rings is 1. The van der Waals surface area contributed by atoms with Gasteiger partial charge in [-0.3, -0.25) is 4.98 Å². The maximum atomic E-state index is 12.8. The minimum Gasteiger partial charge on any atom is -0.256 e. The van der Waals surface area contributed by atoms with Crippen molar-refractivity contribution in [3.63, 3.8) is 0 Å². The minimum absolute atomic E-state index is 0.229. The van der Waals surface area contributed by atoms with Gasteiger partial charge in [-0.05, 0) is 73.0 Å². The molecule has 0 saturated heterocycles. The Labute approximate surface area is 272 Å². The molecule has 0 aliphatic heterocycles. The molecule has 0 saturated carbocycles. The molecule has 0 aliphatic carbocycles. The molecule has 0 amide bonds. The second-order valence-corrected chi connectivity index (χ2v) is 17.4. The Bertz CT molecular complexity index is 2310. The lowest BCUT2D eigenvalue weighted by atomic mass is 9.92. The Morgan fingerprint density at radius 3 is 2.13 bits per heavy atom. The lowest BCUT2D eigenvalue weighted by Gasteiger charge is -2.24. The third kappa shape index (κ3) is 5.93. The molecule has 10 heteroatoms. The van der Waals surface area contributed by atoms with Crippen molar-refractivity contribution in [3.05, 3.63) is 114 Å². The first-order valence-electron chi connectivity index (χ1n) is 14.0. The fourth-order valence-corrected chi connectivity index (χ4v) is 7.70. The number of nitrogens with zero attached hydrogens (tertiary/aromatic N) is 2. The van der Waals surface area contributed by atoms with Gasteiger partial charge in [0.05, 0.1) is 30.8 Å². The van der Waals surface area contributed by atoms with Crippen molar-refractivity contribution < 1.29 is 16.8 Å². The van der Waals surface area contributed by atoms with Crippen LogP contribution < -0.4 is 0 Å². The number of rotatable bonds is 7. The number of benzene rings is 4. The van der Waals surface area contributed by atoms with Crippen LogP contribution in [0.1, 0.15) is 19.4 Å². The maximum Gasteiger partial charge on any atom is 0.175 e. The van der Waals surface area contributed by atoms with Gasteiger partial charge in [-0.15, -0.1) is 11.3 Å². The Kier molecular flexibility index (Phi) is 7.93. The molecule has 2 heterocycles. The molecule has 0 aliphatic rings. The van der Waals surface area contributed by atoms with Gasteiger partial charge >= 0.3 is 0 Å². The molecule has 0 spiro atoms. The predicted octanol–water partition coefficient (Wildman–Crippen LogP) is 8.70. The molecular weight excluding hydrogens is 644 g/mol. The van der Waals surface area contributed by atoms with Gasteiger partial charge in [0, 0.05) is 40.8 Å². The molecule has 0 bridgehead atoms. The van der Waals surface area contributed by atoms with Crippen LogP contribution in [0.2, 0.25) is 5.02 Å². The Balaban J connectivity index is 1.56. The summed E-state index contributed by atoms with van der Waals surface area (Å²) in [6, 6.07) is 29.8. The average molecular weight is 673 g/mol. The lowest BCUT2D eigenvalue weighted by Crippen LogP contribution is -2.28. The molecule has 2 aromatic heterocycles. The third-order valence-electron chi connectivity index (χ3n) is 8.05. The van der Waals surface area contributed by atoms with Crippen LogP contribution in [0.3, 0.4) is 0 Å². The molecule has 0 atom stereocenters. The monoisotopic (exact) mass is 672 g/mol. The predicted molar refractivity (Wildman–Crippen MR) is 185 cm³/mol. The van der Waals surface area contributed by atoms with E-state index in [1.165, 1.54) is 23.8 Å². The SMILES string of the molecule is CC(C)(c1cc(-c2cccc(-c3sc(-c4ccccc4Cl)nc3-c3ccc(S(C)(=O)=O)cc3)c2)c2ncccc2c1)S(C)(=O)=O. The first-order chi connectivity index (χ1) is 21.2. The first-order valence-corrected chi connectivity index (χ1v) is 19.0. The number of halogens is 1. The second-order valence-electron chi connectivity index (χ2n) is 11.4. The summed E-state index contributed by atoms with van der Waals surface area (Å²) in [6.07, 6.45) is 4.17. The van der Waals surface area contributed by atoms with E-state index in [1.54, 1.807) is 44.3 Å². The fourth-order valence-electron chi connectivity index (χ4n) is 5.12. The lowest BCUT2D eigenvalue weighted by molar-refractivity contribution is 0.561. The van der Waals surface area contributed by atoms with E-state index in [0.29, 0.717) is 16.3 Å². The van der Waals surface area contributed by atoms with Gasteiger partial charge in [0.1, 0.15) is 5.01 Å². The normalized spacial score (nSPS) is 12.5. The van der Waals surface area contributed by atoms with Gasteiger partial charge in [0.15, 0.2) is 19.7 Å². The van der Waals surface area contributed by atoms with Crippen molar-refractivity contribution >= 4 is 53.5 Å². The van der Waals surface area contributed by atoms with Gasteiger partial charge in [-0.25, -0.2) is 21.8 Å². The molecular formula is C35H29ClN2O4S3. The number of hydrogen-bond donors (Lipinski definition) is 0. The zero-order chi connectivity index (χ0) is 32.1. The molecule has 0 N–H and O–H groups in total. The van der Waals surface area contributed by atoms with Crippen molar-refractivity contribution in [2.45, 2.75) is 23.5 Å². The van der Waals surface area contributed by atoms with Crippen molar-refractivity contribution in [1.29, 1.82) is 0 Å². The van der Waals surface area contributed by atoms with E-state index in [9.17, 15) is 16.8 Å². The molecule has 45 heavy (non-hydrogen) atoms. The maximum absolute atomic E-state index is 12.8. The van der Waals surface area contributed by atoms with Gasteiger partial charge in [-0.1, -0.05) is 66.2 Å². The number of aromatic nitrogens is 2. The van der Waals surface area contributed by atoms with Crippen LogP contribution in [0.25, 0.3) is 54.3 Å². The van der Waals surface area contributed by atoms with E-state index in [0.717, 1.165) is 48.6 Å². The Morgan fingerprint density at radius 2 is 1.44 bits per heavy atom. The van der Waals surface area contributed by atoms with E-state index < -0.39 is 24.4 Å². The highest BCUT2D eigenvalue weighted by Crippen LogP contribution is 2.44. The zero-order valence-electron chi connectivity index (χ0n) is 24.9. The number of fused-ring (bicyclic) bond motifs is 1. The van der Waals surface area contributed by atoms with Crippen LogP contribution in [0.4, 0.5) is 0 Å². The number of sulfone groups is 2. The largest absolute Gasteiger partial charge is 0.256 e. The molecule has 0 unspecified atom stereocenters. The molecule has 0 fully saturated rings. The summed E-state index contributed by atoms with van der Waals surface area (Å²) in [7, 11) is -6.79. The van der Waals surface area contributed by atoms with Crippen LogP contribution in [0.5, 0.6) is 0 Å². The summed E-state index contributed by atoms with van der Waals surface area (Å²) in [5.41, 5.74) is 6.28. The topological polar surface area (TPSA) is 94.1 Å². The van der Waals surface area contributed by atoms with Gasteiger partial charge < -0.3 is 0 Å². The number of hydrogen-bond acceptors (Lipinski definition) is 7. The highest BCUT2D eigenvalue weighted by Gasteiger charge is 2.33. The Morgan fingerprint density at radius 1 is 0.733 bits per heavy atom. The second kappa shape index (κ2) is 11.5. The van der Waals surface area contributed by atoms with Crippen LogP contribution in [0, 0.1) is 0 Å². The van der Waals surface area contributed by atoms with Crippen LogP contribution in [-0.4, -0.2) is 39.3 Å². The highest BCUT2D eigenvalue weighted by atomic mass is 35.5. The van der Waals surface area contributed by atoms with Crippen molar-refractivity contribution in [1.82, 2.24) is 9.97 Å². The van der Waals surface area contributed by atoms with E-state index >= 15 is 0 Å². The summed E-state index contributed by atoms with van der Waals surface area (Å²) >= 11 is 8.07. The first kappa shape index (κ1) is 31.1. The summed E-state index contributed by atoms with van der Waals surface area (Å²) < 4.78 is 48.8. The van der Waals surface area contributed by atoms with Crippen molar-refractivity contribution in [3.8, 4) is 43.4 Å².